The predicted molar refractivity (Wildman–Crippen MR) is 139 cm³/mol. The number of sulfonamides is 1. The van der Waals surface area contributed by atoms with E-state index < -0.39 is 16.0 Å². The molecule has 2 aliphatic rings. The fourth-order valence-electron chi connectivity index (χ4n) is 4.91. The van der Waals surface area contributed by atoms with E-state index in [1.165, 1.54) is 47.8 Å². The van der Waals surface area contributed by atoms with Crippen molar-refractivity contribution in [2.75, 3.05) is 25.0 Å². The molecule has 9 heteroatoms. The molecule has 0 atom stereocenters. The molecule has 35 heavy (non-hydrogen) atoms. The minimum atomic E-state index is -3.60. The van der Waals surface area contributed by atoms with E-state index >= 15 is 0 Å². The lowest BCUT2D eigenvalue weighted by atomic mass is 9.96. The summed E-state index contributed by atoms with van der Waals surface area (Å²) in [6.45, 7) is 2.06. The Hall–Kier alpha value is -2.49. The van der Waals surface area contributed by atoms with E-state index in [2.05, 4.69) is 4.90 Å². The highest BCUT2D eigenvalue weighted by Crippen LogP contribution is 2.33. The second kappa shape index (κ2) is 10.2. The SMILES string of the molecule is CN(C1CCCCC1)S(=O)(=O)c1ccc(C(=O)Oc2ccc3nc(N4CCCCC4)sc3c2)cc1. The van der Waals surface area contributed by atoms with Gasteiger partial charge in [-0.05, 0) is 68.5 Å². The topological polar surface area (TPSA) is 79.8 Å². The first-order chi connectivity index (χ1) is 16.9. The Labute approximate surface area is 210 Å². The fourth-order valence-corrected chi connectivity index (χ4v) is 7.37. The van der Waals surface area contributed by atoms with E-state index in [0.29, 0.717) is 11.3 Å². The van der Waals surface area contributed by atoms with Gasteiger partial charge >= 0.3 is 5.97 Å². The second-order valence-electron chi connectivity index (χ2n) is 9.40. The number of hydrogen-bond donors (Lipinski definition) is 0. The smallest absolute Gasteiger partial charge is 0.343 e. The van der Waals surface area contributed by atoms with Crippen molar-refractivity contribution in [3.05, 3.63) is 48.0 Å². The van der Waals surface area contributed by atoms with Gasteiger partial charge in [0, 0.05) is 32.2 Å². The van der Waals surface area contributed by atoms with Crippen molar-refractivity contribution in [1.29, 1.82) is 0 Å². The highest BCUT2D eigenvalue weighted by atomic mass is 32.2. The van der Waals surface area contributed by atoms with Crippen LogP contribution in [0.5, 0.6) is 5.75 Å². The van der Waals surface area contributed by atoms with Crippen LogP contribution in [0.1, 0.15) is 61.7 Å². The van der Waals surface area contributed by atoms with Crippen molar-refractivity contribution in [2.45, 2.75) is 62.3 Å². The van der Waals surface area contributed by atoms with Gasteiger partial charge in [0.1, 0.15) is 5.75 Å². The summed E-state index contributed by atoms with van der Waals surface area (Å²) >= 11 is 1.61. The number of hydrogen-bond acceptors (Lipinski definition) is 7. The van der Waals surface area contributed by atoms with Crippen molar-refractivity contribution in [3.8, 4) is 5.75 Å². The fraction of sp³-hybridized carbons (Fsp3) is 0.462. The van der Waals surface area contributed by atoms with Gasteiger partial charge in [0.2, 0.25) is 10.0 Å². The van der Waals surface area contributed by atoms with E-state index in [1.807, 2.05) is 12.1 Å². The lowest BCUT2D eigenvalue weighted by Crippen LogP contribution is -2.38. The molecule has 0 bridgehead atoms. The van der Waals surface area contributed by atoms with Crippen LogP contribution in [0, 0.1) is 0 Å². The summed E-state index contributed by atoms with van der Waals surface area (Å²) in [7, 11) is -1.95. The van der Waals surface area contributed by atoms with Gasteiger partial charge in [-0.15, -0.1) is 0 Å². The Kier molecular flexibility index (Phi) is 7.09. The lowest BCUT2D eigenvalue weighted by molar-refractivity contribution is 0.0735. The third kappa shape index (κ3) is 5.22. The minimum absolute atomic E-state index is 0.0375. The van der Waals surface area contributed by atoms with Gasteiger partial charge in [0.05, 0.1) is 20.7 Å². The molecule has 2 aromatic carbocycles. The third-order valence-electron chi connectivity index (χ3n) is 7.04. The molecule has 0 unspecified atom stereocenters. The van der Waals surface area contributed by atoms with E-state index in [4.69, 9.17) is 9.72 Å². The maximum atomic E-state index is 13.0. The summed E-state index contributed by atoms with van der Waals surface area (Å²) < 4.78 is 34.2. The van der Waals surface area contributed by atoms with Crippen molar-refractivity contribution in [1.82, 2.24) is 9.29 Å². The summed E-state index contributed by atoms with van der Waals surface area (Å²) in [5.41, 5.74) is 1.20. The third-order valence-corrected chi connectivity index (χ3v) is 10.0. The number of carbonyl (C=O) groups excluding carboxylic acids is 1. The highest BCUT2D eigenvalue weighted by Gasteiger charge is 2.29. The Bertz CT molecular complexity index is 1290. The summed E-state index contributed by atoms with van der Waals surface area (Å²) in [6.07, 6.45) is 8.71. The van der Waals surface area contributed by atoms with Crippen LogP contribution < -0.4 is 9.64 Å². The molecule has 2 fully saturated rings. The van der Waals surface area contributed by atoms with Gasteiger partial charge in [-0.2, -0.15) is 4.31 Å². The van der Waals surface area contributed by atoms with Crippen molar-refractivity contribution >= 4 is 42.7 Å². The zero-order valence-corrected chi connectivity index (χ0v) is 21.6. The van der Waals surface area contributed by atoms with Gasteiger partial charge in [-0.1, -0.05) is 30.6 Å². The molecule has 7 nitrogen and oxygen atoms in total. The largest absolute Gasteiger partial charge is 0.423 e. The molecule has 1 aliphatic heterocycles. The van der Waals surface area contributed by atoms with Crippen LogP contribution in [0.15, 0.2) is 47.4 Å². The van der Waals surface area contributed by atoms with Crippen LogP contribution in [0.25, 0.3) is 10.2 Å². The van der Waals surface area contributed by atoms with Crippen molar-refractivity contribution in [3.63, 3.8) is 0 Å². The van der Waals surface area contributed by atoms with Crippen LogP contribution >= 0.6 is 11.3 Å². The molecule has 3 aromatic rings. The molecule has 0 spiro atoms. The Morgan fingerprint density at radius 1 is 1.00 bits per heavy atom. The average Bonchev–Trinajstić information content (AvgIpc) is 3.33. The number of rotatable bonds is 6. The molecular weight excluding hydrogens is 482 g/mol. The zero-order valence-electron chi connectivity index (χ0n) is 20.0. The normalized spacial score (nSPS) is 17.7. The number of piperidine rings is 1. The molecule has 0 N–H and O–H groups in total. The van der Waals surface area contributed by atoms with E-state index in [0.717, 1.165) is 60.5 Å². The average molecular weight is 514 g/mol. The standard InChI is InChI=1S/C26H31N3O4S2/c1-28(20-8-4-2-5-9-20)35(31,32)22-13-10-19(11-14-22)25(30)33-21-12-15-23-24(18-21)34-26(27-23)29-16-6-3-7-17-29/h10-15,18,20H,2-9,16-17H2,1H3. The summed E-state index contributed by atoms with van der Waals surface area (Å²) in [4.78, 5) is 20.0. The number of fused-ring (bicyclic) bond motifs is 1. The van der Waals surface area contributed by atoms with Gasteiger partial charge in [-0.25, -0.2) is 18.2 Å². The van der Waals surface area contributed by atoms with Gasteiger partial charge in [0.15, 0.2) is 5.13 Å². The van der Waals surface area contributed by atoms with Crippen molar-refractivity contribution in [2.24, 2.45) is 0 Å². The van der Waals surface area contributed by atoms with Gasteiger partial charge in [-0.3, -0.25) is 0 Å². The van der Waals surface area contributed by atoms with Gasteiger partial charge in [0.25, 0.3) is 0 Å². The summed E-state index contributed by atoms with van der Waals surface area (Å²) in [5, 5.41) is 1.01. The first-order valence-corrected chi connectivity index (χ1v) is 14.6. The van der Waals surface area contributed by atoms with Crippen LogP contribution in [-0.4, -0.2) is 49.9 Å². The Morgan fingerprint density at radius 3 is 2.40 bits per heavy atom. The number of ether oxygens (including phenoxy) is 1. The second-order valence-corrected chi connectivity index (χ2v) is 12.4. The number of esters is 1. The van der Waals surface area contributed by atoms with Crippen LogP contribution in [0.4, 0.5) is 5.13 Å². The van der Waals surface area contributed by atoms with E-state index in [9.17, 15) is 13.2 Å². The monoisotopic (exact) mass is 513 g/mol. The predicted octanol–water partition coefficient (Wildman–Crippen LogP) is 5.46. The van der Waals surface area contributed by atoms with E-state index in [-0.39, 0.29) is 10.9 Å². The van der Waals surface area contributed by atoms with Crippen LogP contribution in [0.2, 0.25) is 0 Å². The quantitative estimate of drug-likeness (QED) is 0.322. The zero-order chi connectivity index (χ0) is 24.4. The molecule has 1 aromatic heterocycles. The molecular formula is C26H31N3O4S2. The maximum absolute atomic E-state index is 13.0. The van der Waals surface area contributed by atoms with Crippen molar-refractivity contribution < 1.29 is 17.9 Å². The molecule has 2 heterocycles. The number of anilines is 1. The molecule has 5 rings (SSSR count). The summed E-state index contributed by atoms with van der Waals surface area (Å²) in [6, 6.07) is 11.5. The Balaban J connectivity index is 1.27. The van der Waals surface area contributed by atoms with Crippen LogP contribution in [-0.2, 0) is 10.0 Å². The molecule has 1 saturated heterocycles. The number of carbonyl (C=O) groups is 1. The van der Waals surface area contributed by atoms with E-state index in [1.54, 1.807) is 24.5 Å². The molecule has 0 amide bonds. The molecule has 1 aliphatic carbocycles. The number of benzene rings is 2. The molecule has 0 radical (unpaired) electrons. The lowest BCUT2D eigenvalue weighted by Gasteiger charge is -2.30. The number of thiazole rings is 1. The number of aromatic nitrogens is 1. The summed E-state index contributed by atoms with van der Waals surface area (Å²) in [5.74, 6) is -0.0697. The van der Waals surface area contributed by atoms with Gasteiger partial charge < -0.3 is 9.64 Å². The number of nitrogens with zero attached hydrogens (tertiary/aromatic N) is 3. The molecule has 1 saturated carbocycles. The first-order valence-electron chi connectivity index (χ1n) is 12.4. The Morgan fingerprint density at radius 2 is 1.69 bits per heavy atom. The molecule has 186 valence electrons. The van der Waals surface area contributed by atoms with Crippen LogP contribution in [0.3, 0.4) is 0 Å². The minimum Gasteiger partial charge on any atom is -0.423 e. The first kappa shape index (κ1) is 24.2. The highest BCUT2D eigenvalue weighted by molar-refractivity contribution is 7.89. The maximum Gasteiger partial charge on any atom is 0.343 e.